The van der Waals surface area contributed by atoms with Gasteiger partial charge in [0, 0.05) is 22.9 Å². The molecule has 1 saturated carbocycles. The van der Waals surface area contributed by atoms with Crippen LogP contribution >= 0.6 is 11.3 Å². The van der Waals surface area contributed by atoms with Crippen LogP contribution in [0.1, 0.15) is 75.5 Å². The molecule has 1 atom stereocenters. The first-order valence-corrected chi connectivity index (χ1v) is 8.30. The van der Waals surface area contributed by atoms with E-state index in [0.29, 0.717) is 11.5 Å². The zero-order valence-corrected chi connectivity index (χ0v) is 14.1. The molecule has 0 aromatic carbocycles. The van der Waals surface area contributed by atoms with E-state index >= 15 is 0 Å². The van der Waals surface area contributed by atoms with Crippen molar-refractivity contribution >= 4 is 11.3 Å². The third-order valence-electron chi connectivity index (χ3n) is 4.36. The predicted molar refractivity (Wildman–Crippen MR) is 83.9 cm³/mol. The molecule has 0 radical (unpaired) electrons. The fourth-order valence-corrected chi connectivity index (χ4v) is 3.58. The third kappa shape index (κ3) is 3.38. The minimum Gasteiger partial charge on any atom is -0.309 e. The van der Waals surface area contributed by atoms with Crippen LogP contribution < -0.4 is 5.32 Å². The number of hydrogen-bond acceptors (Lipinski definition) is 3. The lowest BCUT2D eigenvalue weighted by molar-refractivity contribution is 0.416. The smallest absolute Gasteiger partial charge is 0.0985 e. The lowest BCUT2D eigenvalue weighted by Crippen LogP contribution is -2.26. The topological polar surface area (TPSA) is 24.9 Å². The molecule has 0 spiro atoms. The first-order chi connectivity index (χ1) is 8.77. The van der Waals surface area contributed by atoms with Gasteiger partial charge in [0.1, 0.15) is 0 Å². The van der Waals surface area contributed by atoms with Gasteiger partial charge in [-0.3, -0.25) is 0 Å². The summed E-state index contributed by atoms with van der Waals surface area (Å²) >= 11 is 1.88. The molecule has 1 aromatic heterocycles. The van der Waals surface area contributed by atoms with Crippen LogP contribution in [-0.4, -0.2) is 11.5 Å². The van der Waals surface area contributed by atoms with Crippen LogP contribution in [0.5, 0.6) is 0 Å². The van der Waals surface area contributed by atoms with E-state index in [-0.39, 0.29) is 5.41 Å². The minimum absolute atomic E-state index is 0.161. The van der Waals surface area contributed by atoms with Crippen LogP contribution in [0, 0.1) is 12.3 Å². The van der Waals surface area contributed by atoms with E-state index in [2.05, 4.69) is 46.9 Å². The van der Waals surface area contributed by atoms with Gasteiger partial charge in [-0.25, -0.2) is 4.98 Å². The monoisotopic (exact) mass is 280 g/mol. The summed E-state index contributed by atoms with van der Waals surface area (Å²) in [4.78, 5) is 6.18. The van der Waals surface area contributed by atoms with Crippen molar-refractivity contribution in [3.05, 3.63) is 15.6 Å². The molecule has 1 aromatic rings. The van der Waals surface area contributed by atoms with Crippen molar-refractivity contribution in [2.45, 2.75) is 72.3 Å². The van der Waals surface area contributed by atoms with E-state index in [1.54, 1.807) is 0 Å². The Morgan fingerprint density at radius 2 is 2.00 bits per heavy atom. The van der Waals surface area contributed by atoms with Crippen molar-refractivity contribution in [3.63, 3.8) is 0 Å². The molecule has 3 heteroatoms. The number of hydrogen-bond donors (Lipinski definition) is 1. The summed E-state index contributed by atoms with van der Waals surface area (Å²) in [6.45, 7) is 14.6. The molecule has 2 rings (SSSR count). The summed E-state index contributed by atoms with van der Waals surface area (Å²) < 4.78 is 0. The predicted octanol–water partition coefficient (Wildman–Crippen LogP) is 4.59. The Morgan fingerprint density at radius 1 is 1.37 bits per heavy atom. The Labute approximate surface area is 122 Å². The Hall–Kier alpha value is -0.410. The van der Waals surface area contributed by atoms with Gasteiger partial charge >= 0.3 is 0 Å². The summed E-state index contributed by atoms with van der Waals surface area (Å²) in [6, 6.07) is 0.428. The maximum atomic E-state index is 4.76. The highest BCUT2D eigenvalue weighted by atomic mass is 32.1. The first kappa shape index (κ1) is 15.0. The second-order valence-corrected chi connectivity index (χ2v) is 8.21. The zero-order chi connectivity index (χ0) is 14.3. The number of aryl methyl sites for hydroxylation is 1. The van der Waals surface area contributed by atoms with Gasteiger partial charge in [0.2, 0.25) is 0 Å². The number of thiazole rings is 1. The van der Waals surface area contributed by atoms with E-state index < -0.39 is 0 Å². The van der Waals surface area contributed by atoms with E-state index in [4.69, 9.17) is 4.98 Å². The lowest BCUT2D eigenvalue weighted by Gasteiger charge is -2.18. The molecule has 1 fully saturated rings. The summed E-state index contributed by atoms with van der Waals surface area (Å²) in [5, 5.41) is 4.98. The molecule has 1 N–H and O–H groups in total. The van der Waals surface area contributed by atoms with E-state index in [1.807, 2.05) is 11.3 Å². The first-order valence-electron chi connectivity index (χ1n) is 7.49. The summed E-state index contributed by atoms with van der Waals surface area (Å²) in [7, 11) is 0. The maximum Gasteiger partial charge on any atom is 0.0985 e. The fourth-order valence-electron chi connectivity index (χ4n) is 2.43. The van der Waals surface area contributed by atoms with Gasteiger partial charge in [0.25, 0.3) is 0 Å². The molecule has 19 heavy (non-hydrogen) atoms. The maximum absolute atomic E-state index is 4.76. The summed E-state index contributed by atoms with van der Waals surface area (Å²) in [6.07, 6.45) is 4.11. The highest BCUT2D eigenvalue weighted by molar-refractivity contribution is 7.12. The SMILES string of the molecule is CCC1(CNC(C)c2sc(C(C)(C)C)nc2C)CC1. The lowest BCUT2D eigenvalue weighted by atomic mass is 9.98. The van der Waals surface area contributed by atoms with E-state index in [9.17, 15) is 0 Å². The van der Waals surface area contributed by atoms with Gasteiger partial charge in [-0.1, -0.05) is 27.7 Å². The number of rotatable bonds is 5. The Balaban J connectivity index is 2.03. The average molecular weight is 280 g/mol. The van der Waals surface area contributed by atoms with Crippen LogP contribution in [0.25, 0.3) is 0 Å². The normalized spacial score (nSPS) is 19.5. The number of aromatic nitrogens is 1. The van der Waals surface area contributed by atoms with Crippen molar-refractivity contribution in [2.24, 2.45) is 5.41 Å². The van der Waals surface area contributed by atoms with Crippen molar-refractivity contribution in [2.75, 3.05) is 6.54 Å². The fraction of sp³-hybridized carbons (Fsp3) is 0.812. The molecular weight excluding hydrogens is 252 g/mol. The van der Waals surface area contributed by atoms with Crippen molar-refractivity contribution in [1.29, 1.82) is 0 Å². The summed E-state index contributed by atoms with van der Waals surface area (Å²) in [5.74, 6) is 0. The Bertz CT molecular complexity index is 438. The van der Waals surface area contributed by atoms with Gasteiger partial charge < -0.3 is 5.32 Å². The van der Waals surface area contributed by atoms with Gasteiger partial charge in [0.15, 0.2) is 0 Å². The van der Waals surface area contributed by atoms with Crippen LogP contribution in [0.2, 0.25) is 0 Å². The standard InChI is InChI=1S/C16H28N2S/c1-7-16(8-9-16)10-17-11(2)13-12(3)18-14(19-13)15(4,5)6/h11,17H,7-10H2,1-6H3. The van der Waals surface area contributed by atoms with Crippen molar-refractivity contribution < 1.29 is 0 Å². The second-order valence-electron chi connectivity index (χ2n) is 7.17. The van der Waals surface area contributed by atoms with Crippen LogP contribution in [0.3, 0.4) is 0 Å². The van der Waals surface area contributed by atoms with Crippen LogP contribution in [0.15, 0.2) is 0 Å². The number of nitrogens with one attached hydrogen (secondary N) is 1. The van der Waals surface area contributed by atoms with Gasteiger partial charge in [0.05, 0.1) is 10.7 Å². The molecule has 1 aliphatic rings. The molecule has 1 aliphatic carbocycles. The molecule has 0 amide bonds. The molecule has 2 nitrogen and oxygen atoms in total. The molecule has 1 unspecified atom stereocenters. The van der Waals surface area contributed by atoms with Gasteiger partial charge in [-0.15, -0.1) is 11.3 Å². The van der Waals surface area contributed by atoms with E-state index in [0.717, 1.165) is 6.54 Å². The summed E-state index contributed by atoms with van der Waals surface area (Å²) in [5.41, 5.74) is 1.98. The van der Waals surface area contributed by atoms with Crippen molar-refractivity contribution in [1.82, 2.24) is 10.3 Å². The average Bonchev–Trinajstić information content (AvgIpc) is 3.00. The highest BCUT2D eigenvalue weighted by Crippen LogP contribution is 2.48. The highest BCUT2D eigenvalue weighted by Gasteiger charge is 2.40. The quantitative estimate of drug-likeness (QED) is 0.853. The van der Waals surface area contributed by atoms with Crippen molar-refractivity contribution in [3.8, 4) is 0 Å². The van der Waals surface area contributed by atoms with E-state index in [1.165, 1.54) is 34.8 Å². The van der Waals surface area contributed by atoms with Gasteiger partial charge in [-0.2, -0.15) is 0 Å². The largest absolute Gasteiger partial charge is 0.309 e. The molecule has 0 saturated heterocycles. The molecule has 0 aliphatic heterocycles. The van der Waals surface area contributed by atoms with Crippen LogP contribution in [-0.2, 0) is 5.41 Å². The molecular formula is C16H28N2S. The minimum atomic E-state index is 0.161. The van der Waals surface area contributed by atoms with Gasteiger partial charge in [-0.05, 0) is 38.5 Å². The number of nitrogens with zero attached hydrogens (tertiary/aromatic N) is 1. The van der Waals surface area contributed by atoms with Crippen LogP contribution in [0.4, 0.5) is 0 Å². The second kappa shape index (κ2) is 5.17. The zero-order valence-electron chi connectivity index (χ0n) is 13.3. The Morgan fingerprint density at radius 3 is 2.42 bits per heavy atom. The molecule has 0 bridgehead atoms. The third-order valence-corrected chi connectivity index (χ3v) is 6.12. The Kier molecular flexibility index (Phi) is 4.08. The molecule has 108 valence electrons. The molecule has 1 heterocycles.